The molecule has 1 saturated carbocycles. The normalized spacial score (nSPS) is 18.3. The summed E-state index contributed by atoms with van der Waals surface area (Å²) < 4.78 is 51.5. The molecule has 176 valence electrons. The highest BCUT2D eigenvalue weighted by Gasteiger charge is 2.31. The molecule has 0 spiro atoms. The van der Waals surface area contributed by atoms with E-state index >= 15 is 0 Å². The molecular formula is C23H23F4N3O3. The number of hydrogen-bond donors (Lipinski definition) is 3. The van der Waals surface area contributed by atoms with Gasteiger partial charge in [-0.3, -0.25) is 14.4 Å². The van der Waals surface area contributed by atoms with Gasteiger partial charge in [0, 0.05) is 23.2 Å². The topological polar surface area (TPSA) is 87.3 Å². The molecule has 0 aliphatic heterocycles. The van der Waals surface area contributed by atoms with Crippen molar-refractivity contribution in [3.63, 3.8) is 0 Å². The lowest BCUT2D eigenvalue weighted by Crippen LogP contribution is -2.54. The van der Waals surface area contributed by atoms with Gasteiger partial charge in [-0.15, -0.1) is 0 Å². The quantitative estimate of drug-likeness (QED) is 0.572. The van der Waals surface area contributed by atoms with Crippen LogP contribution >= 0.6 is 0 Å². The molecule has 0 heterocycles. The molecule has 2 aromatic rings. The van der Waals surface area contributed by atoms with Gasteiger partial charge in [0.1, 0.15) is 5.82 Å². The summed E-state index contributed by atoms with van der Waals surface area (Å²) in [4.78, 5) is 37.0. The smallest absolute Gasteiger partial charge is 0.350 e. The van der Waals surface area contributed by atoms with Crippen LogP contribution < -0.4 is 16.0 Å². The predicted molar refractivity (Wildman–Crippen MR) is 112 cm³/mol. The van der Waals surface area contributed by atoms with Crippen LogP contribution in [0, 0.1) is 5.82 Å². The summed E-state index contributed by atoms with van der Waals surface area (Å²) in [5, 5.41) is 7.93. The van der Waals surface area contributed by atoms with E-state index in [0.29, 0.717) is 18.4 Å². The highest BCUT2D eigenvalue weighted by Crippen LogP contribution is 2.29. The summed E-state index contributed by atoms with van der Waals surface area (Å²) in [6, 6.07) is 8.29. The minimum Gasteiger partial charge on any atom is -0.350 e. The van der Waals surface area contributed by atoms with Gasteiger partial charge in [-0.05, 0) is 55.3 Å². The van der Waals surface area contributed by atoms with Crippen molar-refractivity contribution in [1.82, 2.24) is 16.0 Å². The average Bonchev–Trinajstić information content (AvgIpc) is 2.78. The van der Waals surface area contributed by atoms with Crippen LogP contribution in [-0.2, 0) is 11.0 Å². The zero-order valence-corrected chi connectivity index (χ0v) is 17.5. The lowest BCUT2D eigenvalue weighted by Gasteiger charge is -2.33. The van der Waals surface area contributed by atoms with Crippen molar-refractivity contribution < 1.29 is 31.9 Å². The first kappa shape index (κ1) is 24.2. The standard InChI is InChI=1S/C23H23F4N3O3/c24-17-10-8-14(9-11-17)22(33)30-19-7-2-1-6-18(19)29-20(31)13-28-21(32)15-4-3-5-16(12-15)23(25,26)27/h3-5,8-12,18-19H,1-2,6-7,13H2,(H,28,32)(H,29,31)(H,30,33)/t18-,19+/m1/s1. The van der Waals surface area contributed by atoms with E-state index in [9.17, 15) is 31.9 Å². The van der Waals surface area contributed by atoms with Gasteiger partial charge in [0.05, 0.1) is 12.1 Å². The molecular weight excluding hydrogens is 442 g/mol. The Bertz CT molecular complexity index is 1010. The van der Waals surface area contributed by atoms with E-state index < -0.39 is 35.9 Å². The van der Waals surface area contributed by atoms with Crippen LogP contribution in [0.4, 0.5) is 17.6 Å². The van der Waals surface area contributed by atoms with E-state index in [1.54, 1.807) is 0 Å². The fraction of sp³-hybridized carbons (Fsp3) is 0.348. The lowest BCUT2D eigenvalue weighted by molar-refractivity contribution is -0.137. The van der Waals surface area contributed by atoms with Crippen molar-refractivity contribution in [3.8, 4) is 0 Å². The third-order valence-corrected chi connectivity index (χ3v) is 5.40. The van der Waals surface area contributed by atoms with Crippen LogP contribution in [0.2, 0.25) is 0 Å². The van der Waals surface area contributed by atoms with Gasteiger partial charge in [-0.25, -0.2) is 4.39 Å². The molecule has 1 aliphatic carbocycles. The molecule has 0 bridgehead atoms. The van der Waals surface area contributed by atoms with Crippen molar-refractivity contribution in [1.29, 1.82) is 0 Å². The zero-order chi connectivity index (χ0) is 24.0. The number of rotatable bonds is 6. The molecule has 0 saturated heterocycles. The first-order chi connectivity index (χ1) is 15.6. The van der Waals surface area contributed by atoms with Gasteiger partial charge in [0.15, 0.2) is 0 Å². The van der Waals surface area contributed by atoms with Crippen molar-refractivity contribution in [2.24, 2.45) is 0 Å². The highest BCUT2D eigenvalue weighted by atomic mass is 19.4. The molecule has 3 amide bonds. The monoisotopic (exact) mass is 465 g/mol. The first-order valence-corrected chi connectivity index (χ1v) is 10.4. The highest BCUT2D eigenvalue weighted by molar-refractivity contribution is 5.97. The number of carbonyl (C=O) groups is 3. The SMILES string of the molecule is O=C(CNC(=O)c1cccc(C(F)(F)F)c1)N[C@@H]1CCCC[C@@H]1NC(=O)c1ccc(F)cc1. The van der Waals surface area contributed by atoms with E-state index in [1.165, 1.54) is 30.3 Å². The van der Waals surface area contributed by atoms with Crippen LogP contribution in [0.3, 0.4) is 0 Å². The Morgan fingerprint density at radius 1 is 0.848 bits per heavy atom. The maximum absolute atomic E-state index is 13.1. The van der Waals surface area contributed by atoms with Crippen LogP contribution in [-0.4, -0.2) is 36.3 Å². The molecule has 10 heteroatoms. The largest absolute Gasteiger partial charge is 0.416 e. The third kappa shape index (κ3) is 6.77. The van der Waals surface area contributed by atoms with Gasteiger partial charge < -0.3 is 16.0 Å². The Kier molecular flexibility index (Phi) is 7.67. The van der Waals surface area contributed by atoms with Crippen molar-refractivity contribution in [2.75, 3.05) is 6.54 Å². The lowest BCUT2D eigenvalue weighted by atomic mass is 9.90. The third-order valence-electron chi connectivity index (χ3n) is 5.40. The van der Waals surface area contributed by atoms with Gasteiger partial charge in [0.25, 0.3) is 11.8 Å². The fourth-order valence-corrected chi connectivity index (χ4v) is 3.69. The Balaban J connectivity index is 1.54. The van der Waals surface area contributed by atoms with E-state index in [4.69, 9.17) is 0 Å². The van der Waals surface area contributed by atoms with Gasteiger partial charge >= 0.3 is 6.18 Å². The van der Waals surface area contributed by atoms with Gasteiger partial charge in [0.2, 0.25) is 5.91 Å². The van der Waals surface area contributed by atoms with E-state index in [1.807, 2.05) is 0 Å². The van der Waals surface area contributed by atoms with E-state index in [-0.39, 0.29) is 23.6 Å². The maximum Gasteiger partial charge on any atom is 0.416 e. The molecule has 6 nitrogen and oxygen atoms in total. The molecule has 0 unspecified atom stereocenters. The minimum absolute atomic E-state index is 0.209. The number of carbonyl (C=O) groups excluding carboxylic acids is 3. The van der Waals surface area contributed by atoms with Gasteiger partial charge in [-0.2, -0.15) is 13.2 Å². The van der Waals surface area contributed by atoms with Crippen molar-refractivity contribution in [3.05, 3.63) is 71.0 Å². The molecule has 1 aliphatic rings. The average molecular weight is 465 g/mol. The second-order valence-electron chi connectivity index (χ2n) is 7.81. The maximum atomic E-state index is 13.1. The number of halogens is 4. The molecule has 33 heavy (non-hydrogen) atoms. The molecule has 3 N–H and O–H groups in total. The van der Waals surface area contributed by atoms with Crippen LogP contribution in [0.15, 0.2) is 48.5 Å². The van der Waals surface area contributed by atoms with Crippen LogP contribution in [0.1, 0.15) is 52.0 Å². The second-order valence-corrected chi connectivity index (χ2v) is 7.81. The Morgan fingerprint density at radius 3 is 2.12 bits per heavy atom. The van der Waals surface area contributed by atoms with Crippen LogP contribution in [0.25, 0.3) is 0 Å². The second kappa shape index (κ2) is 10.5. The summed E-state index contributed by atoms with van der Waals surface area (Å²) >= 11 is 0. The van der Waals surface area contributed by atoms with Crippen molar-refractivity contribution >= 4 is 17.7 Å². The number of alkyl halides is 3. The zero-order valence-electron chi connectivity index (χ0n) is 17.5. The summed E-state index contributed by atoms with van der Waals surface area (Å²) in [5.74, 6) is -2.18. The number of nitrogens with one attached hydrogen (secondary N) is 3. The van der Waals surface area contributed by atoms with E-state index in [0.717, 1.165) is 31.0 Å². The van der Waals surface area contributed by atoms with E-state index in [2.05, 4.69) is 16.0 Å². The Labute approximate surface area is 187 Å². The number of hydrogen-bond acceptors (Lipinski definition) is 3. The minimum atomic E-state index is -4.58. The molecule has 2 aromatic carbocycles. The molecule has 0 radical (unpaired) electrons. The first-order valence-electron chi connectivity index (χ1n) is 10.4. The van der Waals surface area contributed by atoms with Gasteiger partial charge in [-0.1, -0.05) is 18.9 Å². The summed E-state index contributed by atoms with van der Waals surface area (Å²) in [7, 11) is 0. The van der Waals surface area contributed by atoms with Crippen LogP contribution in [0.5, 0.6) is 0 Å². The summed E-state index contributed by atoms with van der Waals surface area (Å²) in [5.41, 5.74) is -0.873. The molecule has 3 rings (SSSR count). The molecule has 0 aromatic heterocycles. The fourth-order valence-electron chi connectivity index (χ4n) is 3.69. The number of benzene rings is 2. The number of amides is 3. The molecule has 2 atom stereocenters. The summed E-state index contributed by atoms with van der Waals surface area (Å²) in [6.45, 7) is -0.426. The Morgan fingerprint density at radius 2 is 1.48 bits per heavy atom. The molecule has 1 fully saturated rings. The Hall–Kier alpha value is -3.43. The summed E-state index contributed by atoms with van der Waals surface area (Å²) in [6.07, 6.45) is -1.64. The predicted octanol–water partition coefficient (Wildman–Crippen LogP) is 3.43. The van der Waals surface area contributed by atoms with Crippen molar-refractivity contribution in [2.45, 2.75) is 43.9 Å².